The summed E-state index contributed by atoms with van der Waals surface area (Å²) in [5.41, 5.74) is 2.07. The van der Waals surface area contributed by atoms with Crippen LogP contribution in [0.5, 0.6) is 0 Å². The number of benzene rings is 1. The van der Waals surface area contributed by atoms with Crippen molar-refractivity contribution in [1.82, 2.24) is 5.32 Å². The van der Waals surface area contributed by atoms with E-state index in [9.17, 15) is 9.59 Å². The van der Waals surface area contributed by atoms with E-state index in [1.807, 2.05) is 38.1 Å². The second-order valence-electron chi connectivity index (χ2n) is 7.03. The number of carbonyl (C=O) groups excluding carboxylic acids is 2. The van der Waals surface area contributed by atoms with Crippen LogP contribution in [0.2, 0.25) is 0 Å². The average Bonchev–Trinajstić information content (AvgIpc) is 2.95. The Morgan fingerprint density at radius 2 is 1.88 bits per heavy atom. The molecule has 5 nitrogen and oxygen atoms in total. The lowest BCUT2D eigenvalue weighted by Crippen LogP contribution is -2.43. The van der Waals surface area contributed by atoms with Crippen LogP contribution < -0.4 is 10.2 Å². The Bertz CT molecular complexity index is 583. The molecule has 3 atom stereocenters. The Morgan fingerprint density at radius 1 is 1.25 bits per heavy atom. The molecule has 24 heavy (non-hydrogen) atoms. The predicted octanol–water partition coefficient (Wildman–Crippen LogP) is 2.30. The molecule has 3 unspecified atom stereocenters. The highest BCUT2D eigenvalue weighted by molar-refractivity contribution is 6.09. The summed E-state index contributed by atoms with van der Waals surface area (Å²) >= 11 is 0. The Labute approximate surface area is 144 Å². The van der Waals surface area contributed by atoms with Crippen molar-refractivity contribution in [3.8, 4) is 0 Å². The van der Waals surface area contributed by atoms with Gasteiger partial charge in [0.05, 0.1) is 0 Å². The van der Waals surface area contributed by atoms with E-state index in [0.717, 1.165) is 5.69 Å². The van der Waals surface area contributed by atoms with Crippen molar-refractivity contribution < 1.29 is 14.7 Å². The van der Waals surface area contributed by atoms with Gasteiger partial charge in [-0.05, 0) is 42.9 Å². The summed E-state index contributed by atoms with van der Waals surface area (Å²) in [6, 6.07) is 7.81. The van der Waals surface area contributed by atoms with Crippen LogP contribution in [-0.2, 0) is 9.59 Å². The van der Waals surface area contributed by atoms with Crippen LogP contribution in [0.15, 0.2) is 24.3 Å². The Hall–Kier alpha value is -1.88. The number of carbonyl (C=O) groups is 2. The van der Waals surface area contributed by atoms with Crippen molar-refractivity contribution in [3.05, 3.63) is 29.8 Å². The van der Waals surface area contributed by atoms with Gasteiger partial charge in [0.25, 0.3) is 0 Å². The van der Waals surface area contributed by atoms with E-state index in [0.29, 0.717) is 18.9 Å². The van der Waals surface area contributed by atoms with E-state index < -0.39 is 5.92 Å². The monoisotopic (exact) mass is 332 g/mol. The third-order valence-electron chi connectivity index (χ3n) is 4.90. The third kappa shape index (κ3) is 3.96. The Balaban J connectivity index is 2.02. The van der Waals surface area contributed by atoms with Crippen molar-refractivity contribution in [1.29, 1.82) is 0 Å². The topological polar surface area (TPSA) is 69.6 Å². The lowest BCUT2D eigenvalue weighted by atomic mass is 10.0. The van der Waals surface area contributed by atoms with Crippen LogP contribution in [-0.4, -0.2) is 36.1 Å². The number of hydrogen-bond donors (Lipinski definition) is 2. The standard InChI is InChI=1S/C19H28N2O3/c1-12(2)15-5-7-16(8-6-15)21-10-9-17(19(21)24)18(23)20-14(4)13(3)11-22/h5-8,12-14,17,22H,9-11H2,1-4H3,(H,20,23). The van der Waals surface area contributed by atoms with Crippen LogP contribution in [0, 0.1) is 11.8 Å². The maximum atomic E-state index is 12.6. The molecule has 1 aliphatic rings. The minimum atomic E-state index is -0.636. The fourth-order valence-electron chi connectivity index (χ4n) is 2.84. The molecule has 2 N–H and O–H groups in total. The van der Waals surface area contributed by atoms with E-state index in [1.54, 1.807) is 4.90 Å². The van der Waals surface area contributed by atoms with Crippen molar-refractivity contribution in [3.63, 3.8) is 0 Å². The van der Waals surface area contributed by atoms with E-state index in [-0.39, 0.29) is 30.4 Å². The minimum absolute atomic E-state index is 0.00832. The molecule has 2 rings (SSSR count). The average molecular weight is 332 g/mol. The van der Waals surface area contributed by atoms with Crippen LogP contribution in [0.1, 0.15) is 45.6 Å². The first kappa shape index (κ1) is 18.5. The first-order valence-corrected chi connectivity index (χ1v) is 8.67. The Morgan fingerprint density at radius 3 is 2.42 bits per heavy atom. The maximum absolute atomic E-state index is 12.6. The number of nitrogens with zero attached hydrogens (tertiary/aromatic N) is 1. The molecule has 1 saturated heterocycles. The number of aliphatic hydroxyl groups is 1. The fraction of sp³-hybridized carbons (Fsp3) is 0.579. The van der Waals surface area contributed by atoms with Gasteiger partial charge in [0.15, 0.2) is 0 Å². The second kappa shape index (κ2) is 7.79. The van der Waals surface area contributed by atoms with Crippen molar-refractivity contribution >= 4 is 17.5 Å². The number of nitrogens with one attached hydrogen (secondary N) is 1. The first-order valence-electron chi connectivity index (χ1n) is 8.67. The molecule has 132 valence electrons. The second-order valence-corrected chi connectivity index (χ2v) is 7.03. The highest BCUT2D eigenvalue weighted by atomic mass is 16.3. The molecule has 1 aromatic rings. The highest BCUT2D eigenvalue weighted by Crippen LogP contribution is 2.27. The van der Waals surface area contributed by atoms with Crippen molar-refractivity contribution in [2.75, 3.05) is 18.1 Å². The minimum Gasteiger partial charge on any atom is -0.396 e. The van der Waals surface area contributed by atoms with Crippen LogP contribution in [0.4, 0.5) is 5.69 Å². The molecule has 0 aliphatic carbocycles. The molecule has 1 heterocycles. The van der Waals surface area contributed by atoms with Gasteiger partial charge in [0.1, 0.15) is 5.92 Å². The molecule has 0 bridgehead atoms. The van der Waals surface area contributed by atoms with Gasteiger partial charge in [-0.15, -0.1) is 0 Å². The molecule has 1 aliphatic heterocycles. The Kier molecular flexibility index (Phi) is 5.99. The number of hydrogen-bond acceptors (Lipinski definition) is 3. The summed E-state index contributed by atoms with van der Waals surface area (Å²) in [6.07, 6.45) is 0.525. The molecular formula is C19H28N2O3. The number of rotatable bonds is 6. The number of anilines is 1. The lowest BCUT2D eigenvalue weighted by molar-refractivity contribution is -0.132. The maximum Gasteiger partial charge on any atom is 0.239 e. The molecule has 5 heteroatoms. The molecular weight excluding hydrogens is 304 g/mol. The molecule has 0 radical (unpaired) electrons. The fourth-order valence-corrected chi connectivity index (χ4v) is 2.84. The van der Waals surface area contributed by atoms with Gasteiger partial charge in [0, 0.05) is 24.9 Å². The molecule has 2 amide bonds. The molecule has 1 aromatic carbocycles. The van der Waals surface area contributed by atoms with E-state index in [2.05, 4.69) is 19.2 Å². The van der Waals surface area contributed by atoms with Gasteiger partial charge >= 0.3 is 0 Å². The van der Waals surface area contributed by atoms with Crippen LogP contribution >= 0.6 is 0 Å². The summed E-state index contributed by atoms with van der Waals surface area (Å²) in [7, 11) is 0. The first-order chi connectivity index (χ1) is 11.3. The smallest absolute Gasteiger partial charge is 0.239 e. The van der Waals surface area contributed by atoms with Crippen molar-refractivity contribution in [2.45, 2.75) is 46.1 Å². The van der Waals surface area contributed by atoms with Gasteiger partial charge in [0.2, 0.25) is 11.8 Å². The largest absolute Gasteiger partial charge is 0.396 e. The van der Waals surface area contributed by atoms with Gasteiger partial charge in [-0.2, -0.15) is 0 Å². The highest BCUT2D eigenvalue weighted by Gasteiger charge is 2.38. The quantitative estimate of drug-likeness (QED) is 0.785. The summed E-state index contributed by atoms with van der Waals surface area (Å²) in [5.74, 6) is -0.613. The third-order valence-corrected chi connectivity index (χ3v) is 4.90. The SMILES string of the molecule is CC(C)c1ccc(N2CCC(C(=O)NC(C)C(C)CO)C2=O)cc1. The van der Waals surface area contributed by atoms with E-state index in [4.69, 9.17) is 5.11 Å². The molecule has 1 fully saturated rings. The number of amides is 2. The summed E-state index contributed by atoms with van der Waals surface area (Å²) in [6.45, 7) is 8.54. The normalized spacial score (nSPS) is 20.3. The van der Waals surface area contributed by atoms with Gasteiger partial charge in [-0.1, -0.05) is 32.9 Å². The zero-order valence-electron chi connectivity index (χ0n) is 15.0. The zero-order valence-corrected chi connectivity index (χ0v) is 15.0. The van der Waals surface area contributed by atoms with Crippen molar-refractivity contribution in [2.24, 2.45) is 11.8 Å². The summed E-state index contributed by atoms with van der Waals surface area (Å²) < 4.78 is 0. The van der Waals surface area contributed by atoms with Crippen LogP contribution in [0.3, 0.4) is 0 Å². The molecule has 0 spiro atoms. The summed E-state index contributed by atoms with van der Waals surface area (Å²) in [5, 5.41) is 12.0. The van der Waals surface area contributed by atoms with Gasteiger partial charge in [-0.3, -0.25) is 9.59 Å². The number of aliphatic hydroxyl groups excluding tert-OH is 1. The predicted molar refractivity (Wildman–Crippen MR) is 94.8 cm³/mol. The summed E-state index contributed by atoms with van der Waals surface area (Å²) in [4.78, 5) is 26.7. The molecule has 0 aromatic heterocycles. The van der Waals surface area contributed by atoms with E-state index in [1.165, 1.54) is 5.56 Å². The lowest BCUT2D eigenvalue weighted by Gasteiger charge is -2.21. The molecule has 0 saturated carbocycles. The van der Waals surface area contributed by atoms with Gasteiger partial charge < -0.3 is 15.3 Å². The zero-order chi connectivity index (χ0) is 17.9. The van der Waals surface area contributed by atoms with Crippen LogP contribution in [0.25, 0.3) is 0 Å². The van der Waals surface area contributed by atoms with E-state index >= 15 is 0 Å². The van der Waals surface area contributed by atoms with Gasteiger partial charge in [-0.25, -0.2) is 0 Å².